The number of hydrogen-bond acceptors (Lipinski definition) is 4. The maximum absolute atomic E-state index is 12.7. The highest BCUT2D eigenvalue weighted by Crippen LogP contribution is 2.47. The molecule has 2 amide bonds. The zero-order valence-electron chi connectivity index (χ0n) is 17.7. The molecule has 0 unspecified atom stereocenters. The number of nitrogens with one attached hydrogen (secondary N) is 2. The molecule has 1 aromatic heterocycles. The van der Waals surface area contributed by atoms with Crippen LogP contribution >= 0.6 is 23.2 Å². The highest BCUT2D eigenvalue weighted by Gasteiger charge is 2.50. The predicted octanol–water partition coefficient (Wildman–Crippen LogP) is 5.10. The average Bonchev–Trinajstić information content (AvgIpc) is 2.81. The first-order valence-electron chi connectivity index (χ1n) is 10.6. The van der Waals surface area contributed by atoms with Gasteiger partial charge in [-0.15, -0.1) is 0 Å². The van der Waals surface area contributed by atoms with Crippen molar-refractivity contribution in [3.05, 3.63) is 57.8 Å². The van der Waals surface area contributed by atoms with Crippen molar-refractivity contribution in [1.82, 2.24) is 15.6 Å². The minimum Gasteiger partial charge on any atom is -0.484 e. The summed E-state index contributed by atoms with van der Waals surface area (Å²) in [5.41, 5.74) is -0.794. The molecule has 5 rings (SSSR count). The molecule has 3 fully saturated rings. The largest absolute Gasteiger partial charge is 0.484 e. The van der Waals surface area contributed by atoms with E-state index in [1.54, 1.807) is 18.2 Å². The van der Waals surface area contributed by atoms with Crippen molar-refractivity contribution in [3.8, 4) is 5.75 Å². The summed E-state index contributed by atoms with van der Waals surface area (Å²) in [6.07, 6.45) is 2.71. The number of carbonyl (C=O) groups excluding carboxylic acids is 2. The zero-order valence-corrected chi connectivity index (χ0v) is 19.2. The summed E-state index contributed by atoms with van der Waals surface area (Å²) in [7, 11) is 0. The molecule has 176 valence electrons. The Hall–Kier alpha value is -2.45. The summed E-state index contributed by atoms with van der Waals surface area (Å²) in [5.74, 6) is -0.131. The van der Waals surface area contributed by atoms with Crippen LogP contribution < -0.4 is 15.4 Å². The van der Waals surface area contributed by atoms with Crippen molar-refractivity contribution in [1.29, 1.82) is 0 Å². The van der Waals surface area contributed by atoms with Gasteiger partial charge >= 0.3 is 0 Å². The first-order chi connectivity index (χ1) is 15.7. The zero-order chi connectivity index (χ0) is 23.6. The number of alkyl halides is 2. The topological polar surface area (TPSA) is 80.3 Å². The lowest BCUT2D eigenvalue weighted by molar-refractivity contribution is -0.126. The van der Waals surface area contributed by atoms with Crippen LogP contribution in [0.4, 0.5) is 8.78 Å². The molecule has 0 saturated heterocycles. The summed E-state index contributed by atoms with van der Waals surface area (Å²) in [6.45, 7) is -0.137. The monoisotopic (exact) mass is 497 g/mol. The second-order valence-corrected chi connectivity index (χ2v) is 9.52. The van der Waals surface area contributed by atoms with Crippen molar-refractivity contribution < 1.29 is 23.1 Å². The molecule has 0 spiro atoms. The van der Waals surface area contributed by atoms with E-state index in [1.807, 2.05) is 0 Å². The third-order valence-corrected chi connectivity index (χ3v) is 7.30. The van der Waals surface area contributed by atoms with Crippen molar-refractivity contribution in [2.24, 2.45) is 0 Å². The Morgan fingerprint density at radius 3 is 2.15 bits per heavy atom. The van der Waals surface area contributed by atoms with Gasteiger partial charge in [0.1, 0.15) is 11.4 Å². The smallest absolute Gasteiger partial charge is 0.270 e. The molecule has 0 aliphatic heterocycles. The molecule has 1 heterocycles. The van der Waals surface area contributed by atoms with Crippen molar-refractivity contribution in [2.75, 3.05) is 6.61 Å². The van der Waals surface area contributed by atoms with Gasteiger partial charge in [0.25, 0.3) is 18.2 Å². The minimum absolute atomic E-state index is 0.115. The number of fused-ring (bicyclic) bond motifs is 3. The minimum atomic E-state index is -2.62. The average molecular weight is 498 g/mol. The lowest BCUT2D eigenvalue weighted by Gasteiger charge is -2.53. The maximum Gasteiger partial charge on any atom is 0.270 e. The Morgan fingerprint density at radius 1 is 0.970 bits per heavy atom. The van der Waals surface area contributed by atoms with Gasteiger partial charge in [-0.05, 0) is 62.8 Å². The number of halogens is 4. The van der Waals surface area contributed by atoms with Gasteiger partial charge in [0, 0.05) is 28.9 Å². The predicted molar refractivity (Wildman–Crippen MR) is 120 cm³/mol. The molecule has 0 atom stereocenters. The summed E-state index contributed by atoms with van der Waals surface area (Å²) in [4.78, 5) is 29.0. The number of pyridine rings is 1. The number of benzene rings is 1. The van der Waals surface area contributed by atoms with Crippen LogP contribution in [-0.2, 0) is 4.79 Å². The van der Waals surface area contributed by atoms with Gasteiger partial charge in [-0.2, -0.15) is 0 Å². The molecule has 10 heteroatoms. The van der Waals surface area contributed by atoms with E-state index in [9.17, 15) is 18.4 Å². The van der Waals surface area contributed by atoms with Crippen molar-refractivity contribution in [2.45, 2.75) is 56.0 Å². The fourth-order valence-electron chi connectivity index (χ4n) is 4.58. The number of rotatable bonds is 7. The molecule has 33 heavy (non-hydrogen) atoms. The Morgan fingerprint density at radius 2 is 1.61 bits per heavy atom. The van der Waals surface area contributed by atoms with Crippen LogP contribution in [0.3, 0.4) is 0 Å². The van der Waals surface area contributed by atoms with Gasteiger partial charge in [-0.3, -0.25) is 14.6 Å². The van der Waals surface area contributed by atoms with Gasteiger partial charge in [0.2, 0.25) is 0 Å². The van der Waals surface area contributed by atoms with E-state index < -0.39 is 6.43 Å². The molecule has 3 saturated carbocycles. The molecule has 6 nitrogen and oxygen atoms in total. The lowest BCUT2D eigenvalue weighted by atomic mass is 9.61. The number of nitrogens with zero attached hydrogens (tertiary/aromatic N) is 1. The molecular weight excluding hydrogens is 475 g/mol. The van der Waals surface area contributed by atoms with Gasteiger partial charge in [-0.25, -0.2) is 8.78 Å². The lowest BCUT2D eigenvalue weighted by Crippen LogP contribution is -2.64. The Labute approximate surface area is 200 Å². The molecule has 2 N–H and O–H groups in total. The SMILES string of the molecule is O=C(COc1ccc(Cl)c(Cl)c1)NC12CCC(NC(=O)c3ccc(C(F)F)cn3)(CC1)CC2. The fraction of sp³-hybridized carbons (Fsp3) is 0.435. The van der Waals surface area contributed by atoms with E-state index in [-0.39, 0.29) is 40.8 Å². The quantitative estimate of drug-likeness (QED) is 0.557. The second-order valence-electron chi connectivity index (χ2n) is 8.71. The molecule has 3 aliphatic carbocycles. The van der Waals surface area contributed by atoms with E-state index in [0.29, 0.717) is 35.1 Å². The van der Waals surface area contributed by atoms with Crippen molar-refractivity contribution >= 4 is 35.0 Å². The summed E-state index contributed by atoms with van der Waals surface area (Å²) >= 11 is 11.9. The van der Waals surface area contributed by atoms with Gasteiger partial charge < -0.3 is 15.4 Å². The Kier molecular flexibility index (Phi) is 6.77. The Balaban J connectivity index is 1.29. The first-order valence-corrected chi connectivity index (χ1v) is 11.4. The normalized spacial score (nSPS) is 23.9. The summed E-state index contributed by atoms with van der Waals surface area (Å²) in [6, 6.07) is 7.34. The third kappa shape index (κ3) is 5.38. The van der Waals surface area contributed by atoms with Crippen LogP contribution in [0.15, 0.2) is 36.5 Å². The summed E-state index contributed by atoms with van der Waals surface area (Å²) < 4.78 is 30.9. The van der Waals surface area contributed by atoms with Crippen LogP contribution in [0.25, 0.3) is 0 Å². The van der Waals surface area contributed by atoms with E-state index in [0.717, 1.165) is 25.5 Å². The number of hydrogen-bond donors (Lipinski definition) is 2. The van der Waals surface area contributed by atoms with Crippen LogP contribution in [0.5, 0.6) is 5.75 Å². The molecule has 2 bridgehead atoms. The number of carbonyl (C=O) groups is 2. The van der Waals surface area contributed by atoms with Crippen LogP contribution in [0, 0.1) is 0 Å². The number of aromatic nitrogens is 1. The van der Waals surface area contributed by atoms with E-state index >= 15 is 0 Å². The van der Waals surface area contributed by atoms with E-state index in [1.165, 1.54) is 12.1 Å². The van der Waals surface area contributed by atoms with Crippen LogP contribution in [0.1, 0.15) is 61.0 Å². The third-order valence-electron chi connectivity index (χ3n) is 6.56. The van der Waals surface area contributed by atoms with Crippen LogP contribution in [-0.4, -0.2) is 34.5 Å². The molecule has 3 aliphatic rings. The fourth-order valence-corrected chi connectivity index (χ4v) is 4.87. The maximum atomic E-state index is 12.7. The highest BCUT2D eigenvalue weighted by molar-refractivity contribution is 6.42. The standard InChI is InChI=1S/C23H23Cl2F2N3O3/c24-16-3-2-15(11-17(16)25)33-13-19(31)29-22-5-8-23(9-6-22,10-7-22)30-21(32)18-4-1-14(12-28-18)20(26)27/h1-4,11-12,20H,5-10,13H2,(H,29,31)(H,30,32). The van der Waals surface area contributed by atoms with Gasteiger partial charge in [-0.1, -0.05) is 23.2 Å². The van der Waals surface area contributed by atoms with E-state index in [2.05, 4.69) is 15.6 Å². The van der Waals surface area contributed by atoms with Crippen molar-refractivity contribution in [3.63, 3.8) is 0 Å². The van der Waals surface area contributed by atoms with Gasteiger partial charge in [0.05, 0.1) is 10.0 Å². The second kappa shape index (κ2) is 9.43. The summed E-state index contributed by atoms with van der Waals surface area (Å²) in [5, 5.41) is 6.94. The molecule has 2 aromatic rings. The van der Waals surface area contributed by atoms with Gasteiger partial charge in [0.15, 0.2) is 6.61 Å². The number of amides is 2. The highest BCUT2D eigenvalue weighted by atomic mass is 35.5. The van der Waals surface area contributed by atoms with Crippen LogP contribution in [0.2, 0.25) is 10.0 Å². The first kappa shape index (κ1) is 23.7. The molecular formula is C23H23Cl2F2N3O3. The molecule has 1 aromatic carbocycles. The molecule has 0 radical (unpaired) electrons. The number of ether oxygens (including phenoxy) is 1. The van der Waals surface area contributed by atoms with E-state index in [4.69, 9.17) is 27.9 Å². The Bertz CT molecular complexity index is 1030.